The van der Waals surface area contributed by atoms with E-state index < -0.39 is 0 Å². The standard InChI is InChI=1S/C16H11ClN2O2/c17-13-4-5-15-14(7-13)19(16(20)10-21-15)9-12-3-1-2-11(6-12)8-18/h1-7H,9-10H2. The molecule has 2 aromatic carbocycles. The lowest BCUT2D eigenvalue weighted by atomic mass is 10.1. The van der Waals surface area contributed by atoms with Gasteiger partial charge in [-0.2, -0.15) is 5.26 Å². The minimum atomic E-state index is -0.132. The summed E-state index contributed by atoms with van der Waals surface area (Å²) >= 11 is 6.00. The molecule has 5 heteroatoms. The van der Waals surface area contributed by atoms with Crippen molar-refractivity contribution >= 4 is 23.2 Å². The van der Waals surface area contributed by atoms with E-state index in [0.29, 0.717) is 28.6 Å². The third-order valence-corrected chi connectivity index (χ3v) is 3.50. The molecule has 104 valence electrons. The van der Waals surface area contributed by atoms with Crippen LogP contribution in [0, 0.1) is 11.3 Å². The van der Waals surface area contributed by atoms with Gasteiger partial charge in [0.2, 0.25) is 0 Å². The summed E-state index contributed by atoms with van der Waals surface area (Å²) in [6.45, 7) is 0.387. The van der Waals surface area contributed by atoms with Crippen molar-refractivity contribution in [3.63, 3.8) is 0 Å². The first-order valence-electron chi connectivity index (χ1n) is 6.39. The Morgan fingerprint density at radius 2 is 2.14 bits per heavy atom. The summed E-state index contributed by atoms with van der Waals surface area (Å²) in [5.41, 5.74) is 2.11. The zero-order valence-corrected chi connectivity index (χ0v) is 11.8. The normalized spacial score (nSPS) is 13.3. The number of anilines is 1. The third kappa shape index (κ3) is 2.69. The highest BCUT2D eigenvalue weighted by molar-refractivity contribution is 6.31. The molecule has 0 saturated carbocycles. The van der Waals surface area contributed by atoms with Crippen molar-refractivity contribution in [2.24, 2.45) is 0 Å². The van der Waals surface area contributed by atoms with Crippen LogP contribution in [-0.4, -0.2) is 12.5 Å². The van der Waals surface area contributed by atoms with Gasteiger partial charge in [0, 0.05) is 5.02 Å². The molecule has 0 atom stereocenters. The quantitative estimate of drug-likeness (QED) is 0.856. The predicted molar refractivity (Wildman–Crippen MR) is 79.3 cm³/mol. The van der Waals surface area contributed by atoms with Crippen LogP contribution in [0.25, 0.3) is 0 Å². The number of nitriles is 1. The number of benzene rings is 2. The van der Waals surface area contributed by atoms with Gasteiger partial charge in [-0.05, 0) is 35.9 Å². The summed E-state index contributed by atoms with van der Waals surface area (Å²) < 4.78 is 5.40. The second-order valence-electron chi connectivity index (χ2n) is 4.69. The van der Waals surface area contributed by atoms with E-state index >= 15 is 0 Å². The van der Waals surface area contributed by atoms with Crippen molar-refractivity contribution in [1.82, 2.24) is 0 Å². The molecule has 1 heterocycles. The van der Waals surface area contributed by atoms with Gasteiger partial charge in [0.15, 0.2) is 6.61 Å². The summed E-state index contributed by atoms with van der Waals surface area (Å²) in [5.74, 6) is 0.502. The molecule has 1 aliphatic heterocycles. The summed E-state index contributed by atoms with van der Waals surface area (Å²) in [6, 6.07) is 14.5. The molecule has 3 rings (SSSR count). The Bertz CT molecular complexity index is 752. The van der Waals surface area contributed by atoms with Crippen molar-refractivity contribution in [3.05, 3.63) is 58.6 Å². The van der Waals surface area contributed by atoms with Crippen molar-refractivity contribution in [3.8, 4) is 11.8 Å². The maximum Gasteiger partial charge on any atom is 0.265 e. The van der Waals surface area contributed by atoms with E-state index in [0.717, 1.165) is 5.56 Å². The maximum absolute atomic E-state index is 12.1. The molecular formula is C16H11ClN2O2. The number of hydrogen-bond donors (Lipinski definition) is 0. The fraction of sp³-hybridized carbons (Fsp3) is 0.125. The highest BCUT2D eigenvalue weighted by atomic mass is 35.5. The van der Waals surface area contributed by atoms with Crippen LogP contribution in [0.15, 0.2) is 42.5 Å². The van der Waals surface area contributed by atoms with Crippen LogP contribution in [0.5, 0.6) is 5.75 Å². The Hall–Kier alpha value is -2.51. The van der Waals surface area contributed by atoms with Gasteiger partial charge >= 0.3 is 0 Å². The molecule has 0 N–H and O–H groups in total. The fourth-order valence-corrected chi connectivity index (χ4v) is 2.44. The number of hydrogen-bond acceptors (Lipinski definition) is 3. The first-order valence-corrected chi connectivity index (χ1v) is 6.77. The average molecular weight is 299 g/mol. The first-order chi connectivity index (χ1) is 10.2. The Morgan fingerprint density at radius 1 is 1.29 bits per heavy atom. The van der Waals surface area contributed by atoms with Crippen LogP contribution in [0.2, 0.25) is 5.02 Å². The zero-order chi connectivity index (χ0) is 14.8. The molecule has 0 aromatic heterocycles. The number of ether oxygens (including phenoxy) is 1. The number of carbonyl (C=O) groups is 1. The molecule has 4 nitrogen and oxygen atoms in total. The van der Waals surface area contributed by atoms with Crippen molar-refractivity contribution < 1.29 is 9.53 Å². The molecule has 0 radical (unpaired) electrons. The Labute approximate surface area is 127 Å². The molecule has 0 bridgehead atoms. The highest BCUT2D eigenvalue weighted by Crippen LogP contribution is 2.35. The van der Waals surface area contributed by atoms with E-state index in [1.807, 2.05) is 6.07 Å². The van der Waals surface area contributed by atoms with E-state index in [1.165, 1.54) is 0 Å². The van der Waals surface area contributed by atoms with E-state index in [2.05, 4.69) is 6.07 Å². The largest absolute Gasteiger partial charge is 0.482 e. The summed E-state index contributed by atoms with van der Waals surface area (Å²) in [6.07, 6.45) is 0. The van der Waals surface area contributed by atoms with Gasteiger partial charge in [-0.25, -0.2) is 0 Å². The number of fused-ring (bicyclic) bond motifs is 1. The van der Waals surface area contributed by atoms with E-state index in [1.54, 1.807) is 41.3 Å². The molecule has 0 unspecified atom stereocenters. The van der Waals surface area contributed by atoms with E-state index in [9.17, 15) is 4.79 Å². The Kier molecular flexibility index (Phi) is 3.51. The second-order valence-corrected chi connectivity index (χ2v) is 5.13. The summed E-state index contributed by atoms with van der Waals surface area (Å²) in [7, 11) is 0. The van der Waals surface area contributed by atoms with Crippen LogP contribution in [0.3, 0.4) is 0 Å². The van der Waals surface area contributed by atoms with Gasteiger partial charge in [-0.1, -0.05) is 23.7 Å². The number of halogens is 1. The predicted octanol–water partition coefficient (Wildman–Crippen LogP) is 3.14. The fourth-order valence-electron chi connectivity index (χ4n) is 2.27. The first kappa shape index (κ1) is 13.5. The van der Waals surface area contributed by atoms with Crippen LogP contribution in [0.4, 0.5) is 5.69 Å². The minimum absolute atomic E-state index is 0.00652. The van der Waals surface area contributed by atoms with Crippen molar-refractivity contribution in [2.45, 2.75) is 6.54 Å². The van der Waals surface area contributed by atoms with Crippen molar-refractivity contribution in [1.29, 1.82) is 5.26 Å². The van der Waals surface area contributed by atoms with Crippen LogP contribution in [0.1, 0.15) is 11.1 Å². The minimum Gasteiger partial charge on any atom is -0.482 e. The van der Waals surface area contributed by atoms with E-state index in [4.69, 9.17) is 21.6 Å². The SMILES string of the molecule is N#Cc1cccc(CN2C(=O)COc3ccc(Cl)cc32)c1. The lowest BCUT2D eigenvalue weighted by molar-refractivity contribution is -0.121. The molecule has 1 amide bonds. The molecular weight excluding hydrogens is 288 g/mol. The molecule has 21 heavy (non-hydrogen) atoms. The van der Waals surface area contributed by atoms with E-state index in [-0.39, 0.29) is 12.5 Å². The number of carbonyl (C=O) groups excluding carboxylic acids is 1. The molecule has 0 spiro atoms. The average Bonchev–Trinajstić information content (AvgIpc) is 2.50. The van der Waals surface area contributed by atoms with Crippen LogP contribution in [-0.2, 0) is 11.3 Å². The van der Waals surface area contributed by atoms with Gasteiger partial charge in [0.1, 0.15) is 5.75 Å². The zero-order valence-electron chi connectivity index (χ0n) is 11.0. The van der Waals surface area contributed by atoms with Crippen LogP contribution >= 0.6 is 11.6 Å². The van der Waals surface area contributed by atoms with Gasteiger partial charge in [0.05, 0.1) is 23.9 Å². The molecule has 0 saturated heterocycles. The molecule has 2 aromatic rings. The monoisotopic (exact) mass is 298 g/mol. The third-order valence-electron chi connectivity index (χ3n) is 3.26. The summed E-state index contributed by atoms with van der Waals surface area (Å²) in [4.78, 5) is 13.7. The van der Waals surface area contributed by atoms with Gasteiger partial charge in [-0.3, -0.25) is 4.79 Å². The van der Waals surface area contributed by atoms with Crippen LogP contribution < -0.4 is 9.64 Å². The lowest BCUT2D eigenvalue weighted by Gasteiger charge is -2.29. The lowest BCUT2D eigenvalue weighted by Crippen LogP contribution is -2.38. The van der Waals surface area contributed by atoms with Gasteiger partial charge in [0.25, 0.3) is 5.91 Å². The van der Waals surface area contributed by atoms with Gasteiger partial charge < -0.3 is 9.64 Å². The smallest absolute Gasteiger partial charge is 0.265 e. The maximum atomic E-state index is 12.1. The number of amides is 1. The number of rotatable bonds is 2. The number of nitrogens with zero attached hydrogens (tertiary/aromatic N) is 2. The molecule has 0 fully saturated rings. The van der Waals surface area contributed by atoms with Gasteiger partial charge in [-0.15, -0.1) is 0 Å². The Morgan fingerprint density at radius 3 is 2.95 bits per heavy atom. The van der Waals surface area contributed by atoms with Crippen molar-refractivity contribution in [2.75, 3.05) is 11.5 Å². The molecule has 0 aliphatic carbocycles. The second kappa shape index (κ2) is 5.47. The highest BCUT2D eigenvalue weighted by Gasteiger charge is 2.25. The molecule has 1 aliphatic rings. The topological polar surface area (TPSA) is 53.3 Å². The Balaban J connectivity index is 1.96. The summed E-state index contributed by atoms with van der Waals surface area (Å²) in [5, 5.41) is 9.49.